The molecule has 0 saturated carbocycles. The highest BCUT2D eigenvalue weighted by molar-refractivity contribution is 6.33. The normalized spacial score (nSPS) is 11.3. The highest BCUT2D eigenvalue weighted by Gasteiger charge is 2.15. The third-order valence-corrected chi connectivity index (χ3v) is 3.75. The van der Waals surface area contributed by atoms with E-state index in [0.29, 0.717) is 23.3 Å². The van der Waals surface area contributed by atoms with Crippen molar-refractivity contribution in [3.05, 3.63) is 53.1 Å². The third-order valence-electron chi connectivity index (χ3n) is 3.42. The molecule has 120 valence electrons. The lowest BCUT2D eigenvalue weighted by atomic mass is 10.2. The number of halogens is 1. The molecule has 0 amide bonds. The number of nitrogens with zero attached hydrogens (tertiary/aromatic N) is 4. The Hall–Kier alpha value is -2.18. The molecular formula is C16H18ClN5O. The van der Waals surface area contributed by atoms with Gasteiger partial charge in [0.25, 0.3) is 0 Å². The summed E-state index contributed by atoms with van der Waals surface area (Å²) in [5, 5.41) is 15.8. The number of aromatic amines is 1. The summed E-state index contributed by atoms with van der Waals surface area (Å²) < 4.78 is 5.77. The second-order valence-electron chi connectivity index (χ2n) is 5.27. The van der Waals surface area contributed by atoms with Crippen molar-refractivity contribution < 1.29 is 4.42 Å². The molecule has 23 heavy (non-hydrogen) atoms. The average Bonchev–Trinajstić information content (AvgIpc) is 3.20. The van der Waals surface area contributed by atoms with Crippen LogP contribution in [0.1, 0.15) is 24.9 Å². The largest absolute Gasteiger partial charge is 0.419 e. The van der Waals surface area contributed by atoms with Gasteiger partial charge < -0.3 is 4.42 Å². The number of hydrogen-bond donors (Lipinski definition) is 1. The lowest BCUT2D eigenvalue weighted by Gasteiger charge is -2.18. The molecule has 2 heterocycles. The van der Waals surface area contributed by atoms with Crippen molar-refractivity contribution in [2.75, 3.05) is 6.54 Å². The van der Waals surface area contributed by atoms with Crippen LogP contribution in [-0.4, -0.2) is 31.8 Å². The number of H-pyrrole nitrogens is 1. The van der Waals surface area contributed by atoms with Crippen molar-refractivity contribution >= 4 is 11.6 Å². The fourth-order valence-corrected chi connectivity index (χ4v) is 2.61. The Morgan fingerprint density at radius 1 is 1.17 bits per heavy atom. The van der Waals surface area contributed by atoms with E-state index in [4.69, 9.17) is 16.0 Å². The Morgan fingerprint density at radius 2 is 2.04 bits per heavy atom. The number of benzene rings is 1. The molecule has 0 aliphatic heterocycles. The molecule has 0 radical (unpaired) electrons. The summed E-state index contributed by atoms with van der Waals surface area (Å²) in [6.45, 7) is 4.42. The van der Waals surface area contributed by atoms with Crippen LogP contribution < -0.4 is 0 Å². The molecule has 1 N–H and O–H groups in total. The summed E-state index contributed by atoms with van der Waals surface area (Å²) in [5.41, 5.74) is 1.81. The van der Waals surface area contributed by atoms with Crippen LogP contribution in [0, 0.1) is 0 Å². The number of nitrogens with one attached hydrogen (secondary N) is 1. The topological polar surface area (TPSA) is 70.8 Å². The SMILES string of the molecule is CCCN(Cc1ccn[nH]1)Cc1nnc(-c2ccccc2Cl)o1. The second-order valence-corrected chi connectivity index (χ2v) is 5.68. The van der Waals surface area contributed by atoms with E-state index in [1.165, 1.54) is 0 Å². The molecule has 2 aromatic heterocycles. The van der Waals surface area contributed by atoms with E-state index in [-0.39, 0.29) is 0 Å². The summed E-state index contributed by atoms with van der Waals surface area (Å²) in [5.74, 6) is 1.02. The molecule has 3 rings (SSSR count). The van der Waals surface area contributed by atoms with Crippen LogP contribution >= 0.6 is 11.6 Å². The molecule has 1 aromatic carbocycles. The molecule has 0 unspecified atom stereocenters. The lowest BCUT2D eigenvalue weighted by Crippen LogP contribution is -2.24. The minimum Gasteiger partial charge on any atom is -0.419 e. The van der Waals surface area contributed by atoms with Gasteiger partial charge in [0.15, 0.2) is 0 Å². The maximum Gasteiger partial charge on any atom is 0.249 e. The molecule has 0 fully saturated rings. The first-order valence-corrected chi connectivity index (χ1v) is 7.92. The Kier molecular flexibility index (Phi) is 5.05. The van der Waals surface area contributed by atoms with Crippen molar-refractivity contribution in [3.63, 3.8) is 0 Å². The fourth-order valence-electron chi connectivity index (χ4n) is 2.40. The van der Waals surface area contributed by atoms with Crippen LogP contribution in [0.4, 0.5) is 0 Å². The van der Waals surface area contributed by atoms with Crippen molar-refractivity contribution in [1.29, 1.82) is 0 Å². The minimum absolute atomic E-state index is 0.448. The lowest BCUT2D eigenvalue weighted by molar-refractivity contribution is 0.229. The van der Waals surface area contributed by atoms with E-state index in [9.17, 15) is 0 Å². The first-order valence-electron chi connectivity index (χ1n) is 7.54. The fraction of sp³-hybridized carbons (Fsp3) is 0.312. The highest BCUT2D eigenvalue weighted by atomic mass is 35.5. The van der Waals surface area contributed by atoms with Crippen LogP contribution in [0.2, 0.25) is 5.02 Å². The van der Waals surface area contributed by atoms with E-state index >= 15 is 0 Å². The first kappa shape index (κ1) is 15.7. The van der Waals surface area contributed by atoms with Gasteiger partial charge in [-0.25, -0.2) is 0 Å². The zero-order valence-electron chi connectivity index (χ0n) is 12.9. The summed E-state index contributed by atoms with van der Waals surface area (Å²) in [4.78, 5) is 2.23. The van der Waals surface area contributed by atoms with E-state index < -0.39 is 0 Å². The number of aromatic nitrogens is 4. The molecule has 0 aliphatic carbocycles. The molecule has 0 aliphatic rings. The van der Waals surface area contributed by atoms with Gasteiger partial charge in [-0.15, -0.1) is 10.2 Å². The van der Waals surface area contributed by atoms with Gasteiger partial charge in [0.1, 0.15) is 0 Å². The molecular weight excluding hydrogens is 314 g/mol. The van der Waals surface area contributed by atoms with Gasteiger partial charge in [0, 0.05) is 18.4 Å². The van der Waals surface area contributed by atoms with Crippen LogP contribution in [0.3, 0.4) is 0 Å². The smallest absolute Gasteiger partial charge is 0.249 e. The van der Waals surface area contributed by atoms with Crippen LogP contribution in [-0.2, 0) is 13.1 Å². The summed E-state index contributed by atoms with van der Waals surface area (Å²) in [6, 6.07) is 9.41. The number of rotatable bonds is 7. The van der Waals surface area contributed by atoms with Crippen LogP contribution in [0.5, 0.6) is 0 Å². The van der Waals surface area contributed by atoms with Crippen LogP contribution in [0.25, 0.3) is 11.5 Å². The molecule has 6 nitrogen and oxygen atoms in total. The summed E-state index contributed by atoms with van der Waals surface area (Å²) >= 11 is 6.17. The van der Waals surface area contributed by atoms with Crippen molar-refractivity contribution in [1.82, 2.24) is 25.3 Å². The van der Waals surface area contributed by atoms with E-state index in [2.05, 4.69) is 32.2 Å². The maximum atomic E-state index is 6.17. The van der Waals surface area contributed by atoms with E-state index in [1.54, 1.807) is 6.20 Å². The molecule has 0 saturated heterocycles. The Labute approximate surface area is 139 Å². The van der Waals surface area contributed by atoms with Gasteiger partial charge in [0.2, 0.25) is 11.8 Å². The summed E-state index contributed by atoms with van der Waals surface area (Å²) in [7, 11) is 0. The summed E-state index contributed by atoms with van der Waals surface area (Å²) in [6.07, 6.45) is 2.79. The predicted octanol–water partition coefficient (Wildman–Crippen LogP) is 3.53. The van der Waals surface area contributed by atoms with Crippen molar-refractivity contribution in [2.24, 2.45) is 0 Å². The molecule has 0 atom stereocenters. The molecule has 7 heteroatoms. The van der Waals surface area contributed by atoms with Gasteiger partial charge >= 0.3 is 0 Å². The van der Waals surface area contributed by atoms with Gasteiger partial charge in [-0.3, -0.25) is 10.00 Å². The first-order chi connectivity index (χ1) is 11.3. The zero-order chi connectivity index (χ0) is 16.1. The predicted molar refractivity (Wildman–Crippen MR) is 87.7 cm³/mol. The van der Waals surface area contributed by atoms with Crippen LogP contribution in [0.15, 0.2) is 40.9 Å². The third kappa shape index (κ3) is 3.97. The maximum absolute atomic E-state index is 6.17. The Balaban J connectivity index is 1.72. The molecule has 3 aromatic rings. The second kappa shape index (κ2) is 7.39. The molecule has 0 bridgehead atoms. The zero-order valence-corrected chi connectivity index (χ0v) is 13.6. The Morgan fingerprint density at radius 3 is 2.78 bits per heavy atom. The van der Waals surface area contributed by atoms with Gasteiger partial charge in [-0.2, -0.15) is 5.10 Å². The minimum atomic E-state index is 0.448. The van der Waals surface area contributed by atoms with Gasteiger partial charge in [-0.05, 0) is 31.2 Å². The van der Waals surface area contributed by atoms with E-state index in [0.717, 1.165) is 30.8 Å². The molecule has 0 spiro atoms. The van der Waals surface area contributed by atoms with E-state index in [1.807, 2.05) is 30.3 Å². The standard InChI is InChI=1S/C16H18ClN5O/c1-2-9-22(10-12-7-8-18-19-12)11-15-20-21-16(23-15)13-5-3-4-6-14(13)17/h3-8H,2,9-11H2,1H3,(H,18,19). The van der Waals surface area contributed by atoms with Crippen molar-refractivity contribution in [3.8, 4) is 11.5 Å². The number of hydrogen-bond acceptors (Lipinski definition) is 5. The monoisotopic (exact) mass is 331 g/mol. The highest BCUT2D eigenvalue weighted by Crippen LogP contribution is 2.26. The average molecular weight is 332 g/mol. The van der Waals surface area contributed by atoms with Crippen molar-refractivity contribution in [2.45, 2.75) is 26.4 Å². The van der Waals surface area contributed by atoms with Gasteiger partial charge in [-0.1, -0.05) is 30.7 Å². The Bertz CT molecular complexity index is 741. The van der Waals surface area contributed by atoms with Gasteiger partial charge in [0.05, 0.1) is 17.1 Å². The quantitative estimate of drug-likeness (QED) is 0.717.